The van der Waals surface area contributed by atoms with Crippen LogP contribution >= 0.6 is 0 Å². The molecule has 1 aromatic heterocycles. The quantitative estimate of drug-likeness (QED) is 0.337. The molecule has 2 aromatic carbocycles. The number of hydrogen-bond donors (Lipinski definition) is 3. The van der Waals surface area contributed by atoms with E-state index in [-0.39, 0.29) is 12.3 Å². The minimum atomic E-state index is -0.579. The van der Waals surface area contributed by atoms with Crippen molar-refractivity contribution in [2.45, 2.75) is 72.1 Å². The molecule has 0 radical (unpaired) electrons. The molecule has 0 aliphatic carbocycles. The summed E-state index contributed by atoms with van der Waals surface area (Å²) >= 11 is 0. The van der Waals surface area contributed by atoms with Gasteiger partial charge in [0.05, 0.1) is 18.0 Å². The van der Waals surface area contributed by atoms with Gasteiger partial charge < -0.3 is 19.5 Å². The zero-order chi connectivity index (χ0) is 27.4. The highest BCUT2D eigenvalue weighted by molar-refractivity contribution is 5.72. The van der Waals surface area contributed by atoms with Crippen LogP contribution < -0.4 is 21.0 Å². The van der Waals surface area contributed by atoms with Gasteiger partial charge in [-0.2, -0.15) is 15.4 Å². The smallest absolute Gasteiger partial charge is 0.316 e. The van der Waals surface area contributed by atoms with Crippen LogP contribution in [0.3, 0.4) is 0 Å². The Kier molecular flexibility index (Phi) is 8.06. The van der Waals surface area contributed by atoms with Crippen molar-refractivity contribution >= 4 is 5.69 Å². The lowest BCUT2D eigenvalue weighted by atomic mass is 9.94. The maximum absolute atomic E-state index is 5.87. The SMILES string of the molecule is Cc1nc(OC[C@@H]2COC(C)(C)O2)nc(C)c1-c1cccc(CNc2ccc(CCC3N=NNN3)cc2)c1C. The largest absolute Gasteiger partial charge is 0.461 e. The number of anilines is 1. The van der Waals surface area contributed by atoms with E-state index < -0.39 is 5.79 Å². The second-order valence-corrected chi connectivity index (χ2v) is 10.5. The highest BCUT2D eigenvalue weighted by Crippen LogP contribution is 2.31. The van der Waals surface area contributed by atoms with Crippen LogP contribution in [0, 0.1) is 20.8 Å². The van der Waals surface area contributed by atoms with Gasteiger partial charge in [-0.3, -0.25) is 0 Å². The fraction of sp³-hybridized carbons (Fsp3) is 0.448. The summed E-state index contributed by atoms with van der Waals surface area (Å²) in [4.78, 5) is 9.31. The Morgan fingerprint density at radius 1 is 1.05 bits per heavy atom. The standard InChI is InChI=1S/C29H37N7O3/c1-18-22(15-30-23-12-9-21(10-13-23)11-14-26-33-35-36-34-26)7-6-8-25(18)27-19(2)31-28(32-20(27)3)37-16-24-17-38-29(4,5)39-24/h6-10,12-13,24,26,30H,11,14-17H2,1-5H3,(H,33,36)(H,34,35)/t24-/m1/s1. The molecule has 0 bridgehead atoms. The molecule has 3 aromatic rings. The molecule has 2 aliphatic rings. The molecular weight excluding hydrogens is 494 g/mol. The summed E-state index contributed by atoms with van der Waals surface area (Å²) in [6.45, 7) is 11.5. The van der Waals surface area contributed by atoms with Crippen LogP contribution in [0.15, 0.2) is 52.8 Å². The highest BCUT2D eigenvalue weighted by atomic mass is 16.7. The average molecular weight is 532 g/mol. The minimum absolute atomic E-state index is 0.0358. The van der Waals surface area contributed by atoms with Crippen LogP contribution in [0.5, 0.6) is 6.01 Å². The third-order valence-electron chi connectivity index (χ3n) is 7.05. The van der Waals surface area contributed by atoms with Gasteiger partial charge in [0.2, 0.25) is 0 Å². The van der Waals surface area contributed by atoms with Crippen molar-refractivity contribution in [3.63, 3.8) is 0 Å². The van der Waals surface area contributed by atoms with E-state index in [2.05, 4.69) is 86.0 Å². The van der Waals surface area contributed by atoms with Crippen molar-refractivity contribution in [3.05, 3.63) is 70.5 Å². The number of hydrazine groups is 1. The molecule has 3 heterocycles. The van der Waals surface area contributed by atoms with E-state index in [9.17, 15) is 0 Å². The summed E-state index contributed by atoms with van der Waals surface area (Å²) in [6, 6.07) is 15.3. The van der Waals surface area contributed by atoms with Crippen LogP contribution in [0.1, 0.15) is 48.3 Å². The summed E-state index contributed by atoms with van der Waals surface area (Å²) in [5, 5.41) is 11.4. The van der Waals surface area contributed by atoms with E-state index in [1.165, 1.54) is 16.7 Å². The summed E-state index contributed by atoms with van der Waals surface area (Å²) in [5.74, 6) is -0.579. The minimum Gasteiger partial charge on any atom is -0.461 e. The Hall–Kier alpha value is -3.60. The zero-order valence-electron chi connectivity index (χ0n) is 23.2. The Morgan fingerprint density at radius 3 is 2.49 bits per heavy atom. The second-order valence-electron chi connectivity index (χ2n) is 10.5. The summed E-state index contributed by atoms with van der Waals surface area (Å²) in [5.41, 5.74) is 14.4. The Balaban J connectivity index is 1.22. The number of aromatic nitrogens is 2. The van der Waals surface area contributed by atoms with Gasteiger partial charge in [-0.1, -0.05) is 35.6 Å². The van der Waals surface area contributed by atoms with Crippen molar-refractivity contribution in [2.24, 2.45) is 10.3 Å². The van der Waals surface area contributed by atoms with Gasteiger partial charge in [0.25, 0.3) is 0 Å². The van der Waals surface area contributed by atoms with Gasteiger partial charge in [-0.15, -0.1) is 5.11 Å². The van der Waals surface area contributed by atoms with E-state index in [4.69, 9.17) is 14.2 Å². The lowest BCUT2D eigenvalue weighted by Gasteiger charge is -2.18. The van der Waals surface area contributed by atoms with Crippen molar-refractivity contribution < 1.29 is 14.2 Å². The predicted molar refractivity (Wildman–Crippen MR) is 149 cm³/mol. The number of nitrogens with zero attached hydrogens (tertiary/aromatic N) is 4. The van der Waals surface area contributed by atoms with Gasteiger partial charge in [0.15, 0.2) is 5.79 Å². The molecule has 206 valence electrons. The van der Waals surface area contributed by atoms with Crippen LogP contribution in [-0.4, -0.2) is 41.2 Å². The molecule has 1 fully saturated rings. The van der Waals surface area contributed by atoms with Gasteiger partial charge >= 0.3 is 6.01 Å². The predicted octanol–water partition coefficient (Wildman–Crippen LogP) is 4.94. The number of hydrogen-bond acceptors (Lipinski definition) is 10. The van der Waals surface area contributed by atoms with Gasteiger partial charge in [0, 0.05) is 17.8 Å². The summed E-state index contributed by atoms with van der Waals surface area (Å²) in [7, 11) is 0. The maximum atomic E-state index is 5.87. The third-order valence-corrected chi connectivity index (χ3v) is 7.05. The first-order valence-corrected chi connectivity index (χ1v) is 13.4. The lowest BCUT2D eigenvalue weighted by Crippen LogP contribution is -2.30. The van der Waals surface area contributed by atoms with E-state index in [1.807, 2.05) is 27.7 Å². The average Bonchev–Trinajstić information content (AvgIpc) is 3.56. The van der Waals surface area contributed by atoms with Crippen LogP contribution in [-0.2, 0) is 22.4 Å². The van der Waals surface area contributed by atoms with E-state index in [0.29, 0.717) is 19.2 Å². The molecule has 1 unspecified atom stereocenters. The first-order chi connectivity index (χ1) is 18.8. The van der Waals surface area contributed by atoms with Crippen molar-refractivity contribution in [1.82, 2.24) is 20.9 Å². The maximum Gasteiger partial charge on any atom is 0.316 e. The van der Waals surface area contributed by atoms with E-state index >= 15 is 0 Å². The number of aryl methyl sites for hydroxylation is 3. The van der Waals surface area contributed by atoms with Crippen molar-refractivity contribution in [1.29, 1.82) is 0 Å². The van der Waals surface area contributed by atoms with Crippen LogP contribution in [0.2, 0.25) is 0 Å². The molecule has 10 nitrogen and oxygen atoms in total. The van der Waals surface area contributed by atoms with Crippen LogP contribution in [0.25, 0.3) is 11.1 Å². The highest BCUT2D eigenvalue weighted by Gasteiger charge is 2.33. The second kappa shape index (κ2) is 11.6. The van der Waals surface area contributed by atoms with Gasteiger partial charge in [-0.25, -0.2) is 5.53 Å². The Bertz CT molecular complexity index is 1300. The monoisotopic (exact) mass is 531 g/mol. The molecule has 10 heteroatoms. The van der Waals surface area contributed by atoms with E-state index in [0.717, 1.165) is 47.6 Å². The van der Waals surface area contributed by atoms with Crippen molar-refractivity contribution in [3.8, 4) is 17.1 Å². The molecule has 0 spiro atoms. The molecule has 0 saturated carbocycles. The summed E-state index contributed by atoms with van der Waals surface area (Å²) < 4.78 is 17.3. The Labute approximate surface area is 229 Å². The summed E-state index contributed by atoms with van der Waals surface area (Å²) in [6.07, 6.45) is 1.73. The van der Waals surface area contributed by atoms with Gasteiger partial charge in [-0.05, 0) is 81.8 Å². The normalized spacial score (nSPS) is 19.7. The molecule has 1 saturated heterocycles. The number of nitrogens with one attached hydrogen (secondary N) is 3. The topological polar surface area (TPSA) is 114 Å². The molecule has 2 aliphatic heterocycles. The van der Waals surface area contributed by atoms with Crippen LogP contribution in [0.4, 0.5) is 5.69 Å². The lowest BCUT2D eigenvalue weighted by molar-refractivity contribution is -0.141. The van der Waals surface area contributed by atoms with Crippen molar-refractivity contribution in [2.75, 3.05) is 18.5 Å². The molecule has 39 heavy (non-hydrogen) atoms. The zero-order valence-corrected chi connectivity index (χ0v) is 23.2. The molecule has 0 amide bonds. The third kappa shape index (κ3) is 6.70. The first kappa shape index (κ1) is 27.0. The molecular formula is C29H37N7O3. The number of benzene rings is 2. The Morgan fingerprint density at radius 2 is 1.82 bits per heavy atom. The van der Waals surface area contributed by atoms with E-state index in [1.54, 1.807) is 0 Å². The number of rotatable bonds is 10. The first-order valence-electron chi connectivity index (χ1n) is 13.4. The molecule has 3 N–H and O–H groups in total. The molecule has 5 rings (SSSR count). The number of ether oxygens (including phenoxy) is 3. The fourth-order valence-corrected chi connectivity index (χ4v) is 4.95. The van der Waals surface area contributed by atoms with Gasteiger partial charge in [0.1, 0.15) is 18.9 Å². The molecule has 2 atom stereocenters. The fourth-order valence-electron chi connectivity index (χ4n) is 4.95.